The van der Waals surface area contributed by atoms with Gasteiger partial charge >= 0.3 is 0 Å². The highest BCUT2D eigenvalue weighted by Crippen LogP contribution is 2.26. The number of nitrogens with zero attached hydrogens (tertiary/aromatic N) is 3. The lowest BCUT2D eigenvalue weighted by molar-refractivity contribution is 0.263. The largest absolute Gasteiger partial charge is 0.383 e. The number of halogens is 3. The summed E-state index contributed by atoms with van der Waals surface area (Å²) in [7, 11) is -3.52. The third-order valence-electron chi connectivity index (χ3n) is 5.51. The summed E-state index contributed by atoms with van der Waals surface area (Å²) in [5.74, 6) is -0.288. The van der Waals surface area contributed by atoms with Gasteiger partial charge in [0, 0.05) is 43.0 Å². The summed E-state index contributed by atoms with van der Waals surface area (Å²) in [6, 6.07) is 5.06. The monoisotopic (exact) mass is 636 g/mol. The molecule has 0 spiro atoms. The molecule has 1 atom stereocenters. The number of aromatic amines is 1. The summed E-state index contributed by atoms with van der Waals surface area (Å²) in [5, 5.41) is 5.95. The average Bonchev–Trinajstić information content (AvgIpc) is 3.52. The van der Waals surface area contributed by atoms with Crippen LogP contribution in [0.1, 0.15) is 18.4 Å². The molecular formula is C21H23ClFIN6O2S2. The minimum Gasteiger partial charge on any atom is -0.383 e. The highest BCUT2D eigenvalue weighted by molar-refractivity contribution is 14.1. The molecule has 1 aliphatic heterocycles. The molecule has 182 valence electrons. The van der Waals surface area contributed by atoms with E-state index in [1.807, 2.05) is 22.6 Å². The second kappa shape index (κ2) is 10.9. The van der Waals surface area contributed by atoms with Gasteiger partial charge < -0.3 is 16.0 Å². The number of amidine groups is 1. The number of nitrogens with two attached hydrogens (primary N) is 1. The second-order valence-corrected chi connectivity index (χ2v) is 12.1. The molecule has 1 aliphatic rings. The zero-order valence-corrected chi connectivity index (χ0v) is 22.5. The minimum atomic E-state index is -3.52. The maximum atomic E-state index is 14.7. The van der Waals surface area contributed by atoms with E-state index in [1.165, 1.54) is 21.8 Å². The molecule has 3 aromatic rings. The van der Waals surface area contributed by atoms with Crippen LogP contribution in [0.25, 0.3) is 11.0 Å². The van der Waals surface area contributed by atoms with Crippen molar-refractivity contribution in [3.05, 3.63) is 58.2 Å². The first-order valence-electron chi connectivity index (χ1n) is 10.5. The molecule has 34 heavy (non-hydrogen) atoms. The van der Waals surface area contributed by atoms with E-state index in [9.17, 15) is 12.8 Å². The first-order chi connectivity index (χ1) is 16.3. The van der Waals surface area contributed by atoms with Crippen molar-refractivity contribution >= 4 is 72.4 Å². The third-order valence-corrected chi connectivity index (χ3v) is 9.62. The van der Waals surface area contributed by atoms with Gasteiger partial charge in [0.15, 0.2) is 11.6 Å². The Morgan fingerprint density at radius 2 is 2.32 bits per heavy atom. The van der Waals surface area contributed by atoms with Crippen LogP contribution in [-0.2, 0) is 10.0 Å². The van der Waals surface area contributed by atoms with Crippen molar-refractivity contribution in [1.82, 2.24) is 19.6 Å². The summed E-state index contributed by atoms with van der Waals surface area (Å²) in [6.07, 6.45) is 4.74. The number of sulfonamides is 1. The Kier molecular flexibility index (Phi) is 8.12. The number of piperidine rings is 1. The summed E-state index contributed by atoms with van der Waals surface area (Å²) < 4.78 is 42.4. The second-order valence-electron chi connectivity index (χ2n) is 7.82. The number of fused-ring (bicyclic) bond motifs is 1. The predicted molar refractivity (Wildman–Crippen MR) is 143 cm³/mol. The first kappa shape index (κ1) is 25.4. The maximum Gasteiger partial charge on any atom is 0.252 e. The van der Waals surface area contributed by atoms with Crippen molar-refractivity contribution in [3.63, 3.8) is 0 Å². The van der Waals surface area contributed by atoms with Crippen LogP contribution in [0.5, 0.6) is 0 Å². The van der Waals surface area contributed by atoms with Crippen LogP contribution in [0.2, 0.25) is 5.02 Å². The predicted octanol–water partition coefficient (Wildman–Crippen LogP) is 4.25. The van der Waals surface area contributed by atoms with Crippen molar-refractivity contribution in [2.75, 3.05) is 24.1 Å². The number of nitrogens with one attached hydrogen (secondary N) is 2. The third kappa shape index (κ3) is 5.56. The van der Waals surface area contributed by atoms with Gasteiger partial charge in [0.2, 0.25) is 0 Å². The lowest BCUT2D eigenvalue weighted by atomic mass is 10.00. The number of rotatable bonds is 8. The fourth-order valence-corrected chi connectivity index (χ4v) is 7.04. The number of thiophene rings is 1. The smallest absolute Gasteiger partial charge is 0.252 e. The van der Waals surface area contributed by atoms with Gasteiger partial charge in [-0.1, -0.05) is 40.3 Å². The van der Waals surface area contributed by atoms with E-state index in [0.717, 1.165) is 12.8 Å². The molecule has 4 heterocycles. The number of hydrogen-bond acceptors (Lipinski definition) is 6. The maximum absolute atomic E-state index is 14.7. The molecule has 0 aromatic carbocycles. The summed E-state index contributed by atoms with van der Waals surface area (Å²) in [6.45, 7) is 1.20. The summed E-state index contributed by atoms with van der Waals surface area (Å²) >= 11 is 9.18. The number of H-pyrrole nitrogens is 1. The Morgan fingerprint density at radius 1 is 1.50 bits per heavy atom. The van der Waals surface area contributed by atoms with Crippen molar-refractivity contribution in [2.24, 2.45) is 16.6 Å². The van der Waals surface area contributed by atoms with E-state index >= 15 is 0 Å². The Labute approximate surface area is 219 Å². The van der Waals surface area contributed by atoms with E-state index in [-0.39, 0.29) is 22.0 Å². The van der Waals surface area contributed by atoms with Crippen LogP contribution in [0.15, 0.2) is 56.8 Å². The van der Waals surface area contributed by atoms with Gasteiger partial charge in [-0.15, -0.1) is 11.3 Å². The summed E-state index contributed by atoms with van der Waals surface area (Å²) in [4.78, 5) is 11.5. The van der Waals surface area contributed by atoms with Crippen molar-refractivity contribution in [1.29, 1.82) is 0 Å². The van der Waals surface area contributed by atoms with Gasteiger partial charge in [-0.3, -0.25) is 0 Å². The Bertz CT molecular complexity index is 1330. The Hall–Kier alpha value is -1.74. The van der Waals surface area contributed by atoms with Gasteiger partial charge in [-0.2, -0.15) is 4.31 Å². The van der Waals surface area contributed by atoms with Crippen LogP contribution < -0.4 is 11.1 Å². The van der Waals surface area contributed by atoms with Gasteiger partial charge in [0.1, 0.15) is 15.7 Å². The zero-order chi connectivity index (χ0) is 24.3. The normalized spacial score (nSPS) is 18.8. The van der Waals surface area contributed by atoms with Gasteiger partial charge in [-0.05, 0) is 36.3 Å². The molecule has 0 amide bonds. The molecule has 4 rings (SSSR count). The molecule has 1 unspecified atom stereocenters. The fraction of sp³-hybridized carbons (Fsp3) is 0.333. The number of hydrogen-bond donors (Lipinski definition) is 3. The standard InChI is InChI=1S/C21H23ClFIN6O2S2/c22-14-7-15-16(11-28-20(15)27-10-14)19(25)29-21(17(23)8-24)26-9-13-3-1-5-30(12-13)34(31,32)18-4-2-6-33-18/h2,4,6-7,10-11,13,26H,1,3,5,8-9,12H2,(H2,25,29)(H,27,28)/b21-17+. The molecular weight excluding hydrogens is 614 g/mol. The highest BCUT2D eigenvalue weighted by Gasteiger charge is 2.31. The quantitative estimate of drug-likeness (QED) is 0.148. The Balaban J connectivity index is 1.49. The van der Waals surface area contributed by atoms with E-state index < -0.39 is 15.9 Å². The molecule has 1 saturated heterocycles. The van der Waals surface area contributed by atoms with Crippen LogP contribution in [0.4, 0.5) is 4.39 Å². The lowest BCUT2D eigenvalue weighted by Crippen LogP contribution is -2.42. The minimum absolute atomic E-state index is 0.00742. The molecule has 13 heteroatoms. The molecule has 1 fully saturated rings. The molecule has 0 bridgehead atoms. The van der Waals surface area contributed by atoms with Gasteiger partial charge in [0.05, 0.1) is 9.45 Å². The van der Waals surface area contributed by atoms with E-state index in [0.29, 0.717) is 45.5 Å². The van der Waals surface area contributed by atoms with Crippen molar-refractivity contribution < 1.29 is 12.8 Å². The number of aromatic nitrogens is 2. The number of pyridine rings is 1. The average molecular weight is 637 g/mol. The van der Waals surface area contributed by atoms with Crippen LogP contribution >= 0.6 is 45.5 Å². The van der Waals surface area contributed by atoms with Crippen molar-refractivity contribution in [2.45, 2.75) is 17.1 Å². The molecule has 0 radical (unpaired) electrons. The van der Waals surface area contributed by atoms with Gasteiger partial charge in [-0.25, -0.2) is 22.8 Å². The van der Waals surface area contributed by atoms with Gasteiger partial charge in [0.25, 0.3) is 10.0 Å². The molecule has 8 nitrogen and oxygen atoms in total. The van der Waals surface area contributed by atoms with Crippen molar-refractivity contribution in [3.8, 4) is 0 Å². The molecule has 0 saturated carbocycles. The number of alkyl halides is 1. The van der Waals surface area contributed by atoms with Crippen LogP contribution in [0.3, 0.4) is 0 Å². The number of aliphatic imine (C=N–C) groups is 1. The SMILES string of the molecule is N/C(=N\C(NCC1CCCN(S(=O)(=O)c2cccs2)C1)=C(\F)CI)c1c[nH]c2ncc(Cl)cc12. The zero-order valence-electron chi connectivity index (χ0n) is 18.0. The fourth-order valence-electron chi connectivity index (χ4n) is 3.82. The van der Waals surface area contributed by atoms with E-state index in [4.69, 9.17) is 17.3 Å². The number of allylic oxidation sites excluding steroid dienone is 1. The van der Waals surface area contributed by atoms with Crippen LogP contribution in [0, 0.1) is 5.92 Å². The first-order valence-corrected chi connectivity index (χ1v) is 14.7. The van der Waals surface area contributed by atoms with Crippen LogP contribution in [-0.4, -0.2) is 52.6 Å². The van der Waals surface area contributed by atoms with E-state index in [2.05, 4.69) is 20.3 Å². The molecule has 4 N–H and O–H groups in total. The Morgan fingerprint density at radius 3 is 3.06 bits per heavy atom. The highest BCUT2D eigenvalue weighted by atomic mass is 127. The lowest BCUT2D eigenvalue weighted by Gasteiger charge is -2.31. The summed E-state index contributed by atoms with van der Waals surface area (Å²) in [5.41, 5.74) is 7.38. The molecule has 0 aliphatic carbocycles. The topological polar surface area (TPSA) is 116 Å². The van der Waals surface area contributed by atoms with E-state index in [1.54, 1.807) is 29.8 Å². The molecule has 3 aromatic heterocycles.